The quantitative estimate of drug-likeness (QED) is 0.638. The Morgan fingerprint density at radius 3 is 2.69 bits per heavy atom. The van der Waals surface area contributed by atoms with Crippen LogP contribution in [0.3, 0.4) is 0 Å². The third-order valence-corrected chi connectivity index (χ3v) is 4.36. The average Bonchev–Trinajstić information content (AvgIpc) is 2.88. The van der Waals surface area contributed by atoms with Crippen LogP contribution in [0.1, 0.15) is 32.6 Å². The van der Waals surface area contributed by atoms with Crippen LogP contribution < -0.4 is 5.32 Å². The van der Waals surface area contributed by atoms with Crippen molar-refractivity contribution in [3.8, 4) is 0 Å². The predicted octanol–water partition coefficient (Wildman–Crippen LogP) is 1.61. The van der Waals surface area contributed by atoms with E-state index >= 15 is 0 Å². The second-order valence-electron chi connectivity index (χ2n) is 5.33. The first kappa shape index (κ1) is 7.98. The molecule has 2 nitrogen and oxygen atoms in total. The van der Waals surface area contributed by atoms with Crippen molar-refractivity contribution in [2.75, 3.05) is 13.1 Å². The van der Waals surface area contributed by atoms with Gasteiger partial charge >= 0.3 is 0 Å². The summed E-state index contributed by atoms with van der Waals surface area (Å²) in [6, 6.07) is 0.694. The number of aliphatic imine (C=N–C) groups is 1. The van der Waals surface area contributed by atoms with Crippen molar-refractivity contribution in [3.63, 3.8) is 0 Å². The Morgan fingerprint density at radius 2 is 2.15 bits per heavy atom. The molecule has 0 aromatic heterocycles. The first-order valence-corrected chi connectivity index (χ1v) is 5.49. The van der Waals surface area contributed by atoms with Gasteiger partial charge in [-0.1, -0.05) is 6.92 Å². The third-order valence-electron chi connectivity index (χ3n) is 4.36. The summed E-state index contributed by atoms with van der Waals surface area (Å²) in [6.45, 7) is 4.78. The van der Waals surface area contributed by atoms with Gasteiger partial charge in [0.2, 0.25) is 0 Å². The molecule has 0 spiro atoms. The Bertz CT molecular complexity index is 257. The second-order valence-corrected chi connectivity index (χ2v) is 5.33. The van der Waals surface area contributed by atoms with Crippen LogP contribution in [0.5, 0.6) is 0 Å². The van der Waals surface area contributed by atoms with E-state index in [1.165, 1.54) is 38.8 Å². The molecule has 3 rings (SSSR count). The molecule has 3 aliphatic rings. The molecule has 3 fully saturated rings. The number of rotatable bonds is 2. The molecule has 0 radical (unpaired) electrons. The van der Waals surface area contributed by atoms with Gasteiger partial charge in [-0.3, -0.25) is 4.99 Å². The van der Waals surface area contributed by atoms with Crippen LogP contribution in [0.2, 0.25) is 0 Å². The monoisotopic (exact) mass is 178 g/mol. The van der Waals surface area contributed by atoms with E-state index in [0.717, 1.165) is 0 Å². The van der Waals surface area contributed by atoms with Gasteiger partial charge < -0.3 is 5.32 Å². The molecular formula is C11H18N2. The maximum Gasteiger partial charge on any atom is 0.0497 e. The molecule has 2 heteroatoms. The summed E-state index contributed by atoms with van der Waals surface area (Å²) in [6.07, 6.45) is 7.70. The summed E-state index contributed by atoms with van der Waals surface area (Å²) >= 11 is 0. The van der Waals surface area contributed by atoms with Crippen molar-refractivity contribution in [3.05, 3.63) is 0 Å². The lowest BCUT2D eigenvalue weighted by atomic mass is 9.53. The van der Waals surface area contributed by atoms with Crippen LogP contribution in [0, 0.1) is 10.8 Å². The van der Waals surface area contributed by atoms with E-state index in [0.29, 0.717) is 16.9 Å². The van der Waals surface area contributed by atoms with Crippen molar-refractivity contribution in [2.45, 2.75) is 38.6 Å². The Morgan fingerprint density at radius 1 is 1.31 bits per heavy atom. The van der Waals surface area contributed by atoms with Crippen molar-refractivity contribution in [1.82, 2.24) is 5.32 Å². The normalized spacial score (nSPS) is 49.3. The molecule has 1 saturated heterocycles. The van der Waals surface area contributed by atoms with Gasteiger partial charge in [0.15, 0.2) is 0 Å². The fourth-order valence-corrected chi connectivity index (χ4v) is 2.74. The number of fused-ring (bicyclic) bond motifs is 1. The molecule has 2 atom stereocenters. The van der Waals surface area contributed by atoms with Gasteiger partial charge in [-0.25, -0.2) is 0 Å². The van der Waals surface area contributed by atoms with Gasteiger partial charge in [0.05, 0.1) is 0 Å². The maximum absolute atomic E-state index is 4.67. The Hall–Kier alpha value is -0.370. The Balaban J connectivity index is 1.79. The van der Waals surface area contributed by atoms with E-state index in [1.54, 1.807) is 0 Å². The van der Waals surface area contributed by atoms with E-state index in [2.05, 4.69) is 23.4 Å². The lowest BCUT2D eigenvalue weighted by Gasteiger charge is -2.50. The maximum atomic E-state index is 4.67. The second kappa shape index (κ2) is 2.35. The number of nitrogens with zero attached hydrogens (tertiary/aromatic N) is 1. The van der Waals surface area contributed by atoms with E-state index in [1.807, 2.05) is 0 Å². The van der Waals surface area contributed by atoms with E-state index < -0.39 is 0 Å². The lowest BCUT2D eigenvalue weighted by molar-refractivity contribution is 0.0574. The van der Waals surface area contributed by atoms with E-state index in [4.69, 9.17) is 0 Å². The largest absolute Gasteiger partial charge is 0.315 e. The first-order valence-electron chi connectivity index (χ1n) is 5.49. The van der Waals surface area contributed by atoms with E-state index in [9.17, 15) is 0 Å². The first-order chi connectivity index (χ1) is 6.24. The highest BCUT2D eigenvalue weighted by atomic mass is 15.0. The minimum absolute atomic E-state index is 0.440. The molecule has 2 unspecified atom stereocenters. The molecule has 2 aliphatic carbocycles. The van der Waals surface area contributed by atoms with Crippen LogP contribution in [0.4, 0.5) is 0 Å². The molecule has 2 saturated carbocycles. The van der Waals surface area contributed by atoms with Gasteiger partial charge in [-0.2, -0.15) is 0 Å². The fourth-order valence-electron chi connectivity index (χ4n) is 2.74. The molecular weight excluding hydrogens is 160 g/mol. The standard InChI is InChI=1S/C11H18N2/c1-10-4-5-11(10,7-12-6-10)8-13-9-2-3-9/h8-9,12H,2-7H2,1H3/b13-8+. The van der Waals surface area contributed by atoms with Crippen LogP contribution in [-0.4, -0.2) is 25.3 Å². The van der Waals surface area contributed by atoms with Crippen molar-refractivity contribution in [1.29, 1.82) is 0 Å². The summed E-state index contributed by atoms with van der Waals surface area (Å²) in [5.41, 5.74) is 0.973. The molecule has 0 bridgehead atoms. The highest BCUT2D eigenvalue weighted by Gasteiger charge is 2.57. The summed E-state index contributed by atoms with van der Waals surface area (Å²) in [5.74, 6) is 0. The molecule has 1 aliphatic heterocycles. The zero-order chi connectivity index (χ0) is 8.94. The Labute approximate surface area is 79.8 Å². The molecule has 0 aromatic carbocycles. The summed E-state index contributed by atoms with van der Waals surface area (Å²) in [4.78, 5) is 4.67. The van der Waals surface area contributed by atoms with Gasteiger partial charge in [-0.15, -0.1) is 0 Å². The number of nitrogens with one attached hydrogen (secondary N) is 1. The molecule has 0 amide bonds. The summed E-state index contributed by atoms with van der Waals surface area (Å²) in [7, 11) is 0. The molecule has 1 N–H and O–H groups in total. The minimum Gasteiger partial charge on any atom is -0.315 e. The fraction of sp³-hybridized carbons (Fsp3) is 0.909. The number of hydrogen-bond donors (Lipinski definition) is 1. The highest BCUT2D eigenvalue weighted by Crippen LogP contribution is 2.57. The molecule has 0 aromatic rings. The van der Waals surface area contributed by atoms with Crippen molar-refractivity contribution < 1.29 is 0 Å². The zero-order valence-electron chi connectivity index (χ0n) is 8.34. The van der Waals surface area contributed by atoms with Crippen LogP contribution in [0.15, 0.2) is 4.99 Å². The highest BCUT2D eigenvalue weighted by molar-refractivity contribution is 5.70. The van der Waals surface area contributed by atoms with Gasteiger partial charge in [0, 0.05) is 30.8 Å². The summed E-state index contributed by atoms with van der Waals surface area (Å²) < 4.78 is 0. The van der Waals surface area contributed by atoms with Gasteiger partial charge in [0.25, 0.3) is 0 Å². The van der Waals surface area contributed by atoms with E-state index in [-0.39, 0.29) is 0 Å². The lowest BCUT2D eigenvalue weighted by Crippen LogP contribution is -2.49. The third kappa shape index (κ3) is 1.01. The Kier molecular flexibility index (Phi) is 1.44. The smallest absolute Gasteiger partial charge is 0.0497 e. The molecule has 13 heavy (non-hydrogen) atoms. The predicted molar refractivity (Wildman–Crippen MR) is 54.2 cm³/mol. The topological polar surface area (TPSA) is 24.4 Å². The van der Waals surface area contributed by atoms with Crippen LogP contribution >= 0.6 is 0 Å². The number of hydrogen-bond acceptors (Lipinski definition) is 2. The van der Waals surface area contributed by atoms with Gasteiger partial charge in [0.1, 0.15) is 0 Å². The van der Waals surface area contributed by atoms with Crippen molar-refractivity contribution >= 4 is 6.21 Å². The van der Waals surface area contributed by atoms with Crippen LogP contribution in [-0.2, 0) is 0 Å². The minimum atomic E-state index is 0.440. The van der Waals surface area contributed by atoms with Crippen molar-refractivity contribution in [2.24, 2.45) is 15.8 Å². The zero-order valence-corrected chi connectivity index (χ0v) is 8.34. The molecule has 1 heterocycles. The SMILES string of the molecule is CC12CCC1(/C=N/C1CC1)CNC2. The molecule has 72 valence electrons. The average molecular weight is 178 g/mol. The van der Waals surface area contributed by atoms with Crippen LogP contribution in [0.25, 0.3) is 0 Å². The van der Waals surface area contributed by atoms with Gasteiger partial charge in [-0.05, 0) is 31.1 Å². The summed E-state index contributed by atoms with van der Waals surface area (Å²) in [5, 5.41) is 3.52.